The van der Waals surface area contributed by atoms with Gasteiger partial charge >= 0.3 is 0 Å². The minimum absolute atomic E-state index is 0.0740. The lowest BCUT2D eigenvalue weighted by atomic mass is 9.87. The third-order valence-electron chi connectivity index (χ3n) is 4.51. The van der Waals surface area contributed by atoms with Crippen LogP contribution < -0.4 is 10.2 Å². The molecule has 0 spiro atoms. The molecule has 1 aromatic carbocycles. The summed E-state index contributed by atoms with van der Waals surface area (Å²) in [5.41, 5.74) is 2.18. The topological polar surface area (TPSA) is 53.9 Å². The zero-order valence-electron chi connectivity index (χ0n) is 15.8. The SMILES string of the molecule is CC(C)(C)c1ccc(-c2nc(N3CCCNCC3)nc(C(Cl)(Cl)Cl)n2)cc1. The summed E-state index contributed by atoms with van der Waals surface area (Å²) < 4.78 is -1.71. The summed E-state index contributed by atoms with van der Waals surface area (Å²) in [7, 11) is 0. The minimum Gasteiger partial charge on any atom is -0.339 e. The lowest BCUT2D eigenvalue weighted by Gasteiger charge is -2.22. The van der Waals surface area contributed by atoms with E-state index in [0.29, 0.717) is 11.8 Å². The fourth-order valence-corrected chi connectivity index (χ4v) is 3.18. The standard InChI is InChI=1S/C19H24Cl3N5/c1-18(2,3)14-7-5-13(6-8-14)15-24-16(19(20,21)22)26-17(25-15)27-11-4-9-23-10-12-27/h5-8,23H,4,9-12H2,1-3H3. The quantitative estimate of drug-likeness (QED) is 0.716. The van der Waals surface area contributed by atoms with Gasteiger partial charge in [0.05, 0.1) is 0 Å². The summed E-state index contributed by atoms with van der Waals surface area (Å²) in [5.74, 6) is 1.20. The van der Waals surface area contributed by atoms with Gasteiger partial charge in [-0.25, -0.2) is 4.98 Å². The van der Waals surface area contributed by atoms with E-state index in [0.717, 1.165) is 38.2 Å². The Bertz CT molecular complexity index is 773. The third-order valence-corrected chi connectivity index (χ3v) is 5.02. The van der Waals surface area contributed by atoms with Crippen LogP contribution in [-0.4, -0.2) is 41.1 Å². The van der Waals surface area contributed by atoms with E-state index in [9.17, 15) is 0 Å². The van der Waals surface area contributed by atoms with Gasteiger partial charge < -0.3 is 10.2 Å². The van der Waals surface area contributed by atoms with Crippen molar-refractivity contribution in [2.75, 3.05) is 31.1 Å². The largest absolute Gasteiger partial charge is 0.339 e. The lowest BCUT2D eigenvalue weighted by Crippen LogP contribution is -2.30. The Hall–Kier alpha value is -1.14. The maximum absolute atomic E-state index is 6.09. The number of aromatic nitrogens is 3. The molecule has 0 radical (unpaired) electrons. The summed E-state index contributed by atoms with van der Waals surface area (Å²) in [6, 6.07) is 8.19. The van der Waals surface area contributed by atoms with Crippen LogP contribution in [0.2, 0.25) is 0 Å². The van der Waals surface area contributed by atoms with Gasteiger partial charge in [0.2, 0.25) is 9.74 Å². The zero-order valence-corrected chi connectivity index (χ0v) is 18.0. The molecule has 0 aliphatic carbocycles. The second kappa shape index (κ2) is 8.08. The van der Waals surface area contributed by atoms with Gasteiger partial charge in [-0.1, -0.05) is 79.8 Å². The minimum atomic E-state index is -1.71. The molecule has 0 amide bonds. The van der Waals surface area contributed by atoms with E-state index in [1.807, 2.05) is 12.1 Å². The number of anilines is 1. The second-order valence-corrected chi connectivity index (χ2v) is 9.98. The predicted molar refractivity (Wildman–Crippen MR) is 113 cm³/mol. The first-order valence-electron chi connectivity index (χ1n) is 9.04. The van der Waals surface area contributed by atoms with Crippen molar-refractivity contribution in [1.29, 1.82) is 0 Å². The molecule has 2 aromatic rings. The highest BCUT2D eigenvalue weighted by Gasteiger charge is 2.29. The van der Waals surface area contributed by atoms with Crippen molar-refractivity contribution in [2.24, 2.45) is 0 Å². The summed E-state index contributed by atoms with van der Waals surface area (Å²) in [4.78, 5) is 15.6. The van der Waals surface area contributed by atoms with E-state index in [-0.39, 0.29) is 11.2 Å². The van der Waals surface area contributed by atoms with Crippen LogP contribution in [0.3, 0.4) is 0 Å². The maximum atomic E-state index is 6.09. The summed E-state index contributed by atoms with van der Waals surface area (Å²) >= 11 is 18.3. The number of hydrogen-bond acceptors (Lipinski definition) is 5. The van der Waals surface area contributed by atoms with E-state index in [2.05, 4.69) is 58.1 Å². The summed E-state index contributed by atoms with van der Waals surface area (Å²) in [6.07, 6.45) is 1.00. The summed E-state index contributed by atoms with van der Waals surface area (Å²) in [5, 5.41) is 3.37. The van der Waals surface area contributed by atoms with Crippen LogP contribution in [0.5, 0.6) is 0 Å². The van der Waals surface area contributed by atoms with Crippen LogP contribution in [0.4, 0.5) is 5.95 Å². The molecule has 1 fully saturated rings. The van der Waals surface area contributed by atoms with Crippen LogP contribution in [-0.2, 0) is 9.21 Å². The first-order valence-corrected chi connectivity index (χ1v) is 10.2. The van der Waals surface area contributed by atoms with Gasteiger partial charge in [0.25, 0.3) is 0 Å². The third kappa shape index (κ3) is 5.23. The maximum Gasteiger partial charge on any atom is 0.250 e. The van der Waals surface area contributed by atoms with Crippen molar-refractivity contribution < 1.29 is 0 Å². The van der Waals surface area contributed by atoms with Gasteiger partial charge in [-0.15, -0.1) is 0 Å². The zero-order chi connectivity index (χ0) is 19.7. The molecule has 0 unspecified atom stereocenters. The van der Waals surface area contributed by atoms with Gasteiger partial charge in [0.1, 0.15) is 0 Å². The number of alkyl halides is 3. The molecule has 1 saturated heterocycles. The molecule has 1 aliphatic heterocycles. The molecule has 5 nitrogen and oxygen atoms in total. The number of nitrogens with one attached hydrogen (secondary N) is 1. The van der Waals surface area contributed by atoms with Gasteiger partial charge in [0.15, 0.2) is 11.6 Å². The Balaban J connectivity index is 2.02. The van der Waals surface area contributed by atoms with E-state index in [1.165, 1.54) is 5.56 Å². The van der Waals surface area contributed by atoms with Crippen LogP contribution in [0, 0.1) is 0 Å². The number of nitrogens with zero attached hydrogens (tertiary/aromatic N) is 4. The molecular weight excluding hydrogens is 405 g/mol. The second-order valence-electron chi connectivity index (χ2n) is 7.70. The highest BCUT2D eigenvalue weighted by atomic mass is 35.6. The smallest absolute Gasteiger partial charge is 0.250 e. The monoisotopic (exact) mass is 427 g/mol. The molecule has 1 aliphatic rings. The van der Waals surface area contributed by atoms with Crippen molar-refractivity contribution in [3.63, 3.8) is 0 Å². The molecule has 0 bridgehead atoms. The first kappa shape index (κ1) is 20.6. The van der Waals surface area contributed by atoms with Crippen molar-refractivity contribution in [3.8, 4) is 11.4 Å². The average molecular weight is 429 g/mol. The molecule has 8 heteroatoms. The Labute approximate surface area is 175 Å². The fraction of sp³-hybridized carbons (Fsp3) is 0.526. The Morgan fingerprint density at radius 3 is 2.26 bits per heavy atom. The van der Waals surface area contributed by atoms with Crippen molar-refractivity contribution in [3.05, 3.63) is 35.7 Å². The molecule has 2 heterocycles. The van der Waals surface area contributed by atoms with E-state index in [4.69, 9.17) is 34.8 Å². The molecule has 27 heavy (non-hydrogen) atoms. The van der Waals surface area contributed by atoms with Crippen LogP contribution in [0.25, 0.3) is 11.4 Å². The number of benzene rings is 1. The number of hydrogen-bond donors (Lipinski definition) is 1. The van der Waals surface area contributed by atoms with E-state index in [1.54, 1.807) is 0 Å². The van der Waals surface area contributed by atoms with Crippen molar-refractivity contribution in [1.82, 2.24) is 20.3 Å². The Morgan fingerprint density at radius 1 is 0.926 bits per heavy atom. The Morgan fingerprint density at radius 2 is 1.63 bits per heavy atom. The molecule has 1 aromatic heterocycles. The molecule has 0 saturated carbocycles. The fourth-order valence-electron chi connectivity index (χ4n) is 2.93. The van der Waals surface area contributed by atoms with Gasteiger partial charge in [-0.05, 0) is 23.9 Å². The predicted octanol–water partition coefficient (Wildman–Crippen LogP) is 4.46. The normalized spacial score (nSPS) is 16.3. The van der Waals surface area contributed by atoms with Gasteiger partial charge in [-0.3, -0.25) is 0 Å². The van der Waals surface area contributed by atoms with Crippen LogP contribution >= 0.6 is 34.8 Å². The number of halogens is 3. The highest BCUT2D eigenvalue weighted by molar-refractivity contribution is 6.66. The van der Waals surface area contributed by atoms with E-state index >= 15 is 0 Å². The van der Waals surface area contributed by atoms with Gasteiger partial charge in [-0.2, -0.15) is 9.97 Å². The van der Waals surface area contributed by atoms with Crippen LogP contribution in [0.1, 0.15) is 38.6 Å². The van der Waals surface area contributed by atoms with Crippen molar-refractivity contribution in [2.45, 2.75) is 36.4 Å². The lowest BCUT2D eigenvalue weighted by molar-refractivity contribution is 0.590. The number of rotatable bonds is 2. The van der Waals surface area contributed by atoms with Crippen molar-refractivity contribution >= 4 is 40.8 Å². The molecule has 146 valence electrons. The Kier molecular flexibility index (Phi) is 6.16. The highest BCUT2D eigenvalue weighted by Crippen LogP contribution is 2.37. The average Bonchev–Trinajstić information content (AvgIpc) is 2.89. The molecule has 3 rings (SSSR count). The summed E-state index contributed by atoms with van der Waals surface area (Å²) in [6.45, 7) is 10.0. The van der Waals surface area contributed by atoms with E-state index < -0.39 is 3.79 Å². The van der Waals surface area contributed by atoms with Crippen LogP contribution in [0.15, 0.2) is 24.3 Å². The molecule has 1 N–H and O–H groups in total. The van der Waals surface area contributed by atoms with Gasteiger partial charge in [0, 0.05) is 25.2 Å². The molecular formula is C19H24Cl3N5. The molecule has 0 atom stereocenters. The first-order chi connectivity index (χ1) is 12.6.